The van der Waals surface area contributed by atoms with Crippen molar-refractivity contribution < 1.29 is 4.74 Å². The summed E-state index contributed by atoms with van der Waals surface area (Å²) in [5.74, 6) is 0.778. The fourth-order valence-corrected chi connectivity index (χ4v) is 1.58. The molecule has 0 aliphatic heterocycles. The van der Waals surface area contributed by atoms with Crippen LogP contribution in [0.4, 0.5) is 0 Å². The van der Waals surface area contributed by atoms with Gasteiger partial charge in [-0.05, 0) is 53.6 Å². The van der Waals surface area contributed by atoms with Crippen molar-refractivity contribution in [3.63, 3.8) is 0 Å². The number of ether oxygens (including phenoxy) is 1. The molecule has 0 saturated carbocycles. The molecule has 88 valence electrons. The van der Waals surface area contributed by atoms with Gasteiger partial charge in [-0.25, -0.2) is 0 Å². The summed E-state index contributed by atoms with van der Waals surface area (Å²) < 4.78 is 5.09. The Morgan fingerprint density at radius 3 is 2.39 bits per heavy atom. The van der Waals surface area contributed by atoms with Gasteiger partial charge in [-0.3, -0.25) is 4.98 Å². The minimum Gasteiger partial charge on any atom is -0.497 e. The van der Waals surface area contributed by atoms with E-state index in [1.807, 2.05) is 42.5 Å². The number of nitrogens with zero attached hydrogens (tertiary/aromatic N) is 2. The molecule has 1 aromatic carbocycles. The van der Waals surface area contributed by atoms with Gasteiger partial charge < -0.3 is 4.74 Å². The zero-order chi connectivity index (χ0) is 12.8. The summed E-state index contributed by atoms with van der Waals surface area (Å²) in [4.78, 5) is 3.95. The predicted octanol–water partition coefficient (Wildman–Crippen LogP) is 3.15. The lowest BCUT2D eigenvalue weighted by Gasteiger charge is -2.02. The molecule has 0 spiro atoms. The Hall–Kier alpha value is -2.60. The minimum atomic E-state index is 0.615. The van der Waals surface area contributed by atoms with E-state index in [0.29, 0.717) is 5.57 Å². The standard InChI is InChI=1S/C15H12N2O/c1-18-15-4-2-13(3-5-15)14(11-16)10-12-6-8-17-9-7-12/h2-10H,1H3/b14-10-. The molecular formula is C15H12N2O. The lowest BCUT2D eigenvalue weighted by Crippen LogP contribution is -1.85. The molecule has 0 amide bonds. The molecule has 0 bridgehead atoms. The number of pyridine rings is 1. The monoisotopic (exact) mass is 236 g/mol. The summed E-state index contributed by atoms with van der Waals surface area (Å²) in [5.41, 5.74) is 2.44. The highest BCUT2D eigenvalue weighted by Gasteiger charge is 2.01. The topological polar surface area (TPSA) is 45.9 Å². The molecule has 0 aliphatic rings. The predicted molar refractivity (Wildman–Crippen MR) is 70.7 cm³/mol. The van der Waals surface area contributed by atoms with Crippen LogP contribution in [0.3, 0.4) is 0 Å². The van der Waals surface area contributed by atoms with Crippen LogP contribution in [-0.2, 0) is 0 Å². The SMILES string of the molecule is COc1ccc(/C(C#N)=C\c2ccncc2)cc1. The second-order valence-electron chi connectivity index (χ2n) is 3.68. The van der Waals surface area contributed by atoms with E-state index >= 15 is 0 Å². The Morgan fingerprint density at radius 2 is 1.83 bits per heavy atom. The minimum absolute atomic E-state index is 0.615. The van der Waals surface area contributed by atoms with Crippen molar-refractivity contribution in [1.29, 1.82) is 5.26 Å². The Kier molecular flexibility index (Phi) is 3.72. The van der Waals surface area contributed by atoms with Crippen molar-refractivity contribution >= 4 is 11.6 Å². The largest absolute Gasteiger partial charge is 0.497 e. The molecule has 0 N–H and O–H groups in total. The summed E-state index contributed by atoms with van der Waals surface area (Å²) in [6, 6.07) is 13.3. The van der Waals surface area contributed by atoms with Gasteiger partial charge in [0.25, 0.3) is 0 Å². The van der Waals surface area contributed by atoms with Gasteiger partial charge in [0, 0.05) is 12.4 Å². The first-order chi connectivity index (χ1) is 8.83. The quantitative estimate of drug-likeness (QED) is 0.769. The Balaban J connectivity index is 2.34. The van der Waals surface area contributed by atoms with E-state index in [4.69, 9.17) is 4.74 Å². The molecule has 1 heterocycles. The highest BCUT2D eigenvalue weighted by atomic mass is 16.5. The van der Waals surface area contributed by atoms with Gasteiger partial charge >= 0.3 is 0 Å². The van der Waals surface area contributed by atoms with Crippen LogP contribution in [0.2, 0.25) is 0 Å². The van der Waals surface area contributed by atoms with Gasteiger partial charge in [0.05, 0.1) is 18.8 Å². The average Bonchev–Trinajstić information content (AvgIpc) is 2.46. The van der Waals surface area contributed by atoms with Crippen molar-refractivity contribution in [3.8, 4) is 11.8 Å². The van der Waals surface area contributed by atoms with Crippen molar-refractivity contribution in [2.45, 2.75) is 0 Å². The lowest BCUT2D eigenvalue weighted by atomic mass is 10.0. The van der Waals surface area contributed by atoms with Gasteiger partial charge in [-0.2, -0.15) is 5.26 Å². The van der Waals surface area contributed by atoms with E-state index < -0.39 is 0 Å². The second-order valence-corrected chi connectivity index (χ2v) is 3.68. The third kappa shape index (κ3) is 2.74. The molecule has 0 fully saturated rings. The Bertz CT molecular complexity index is 580. The zero-order valence-electron chi connectivity index (χ0n) is 10.00. The summed E-state index contributed by atoms with van der Waals surface area (Å²) in [6.45, 7) is 0. The molecule has 3 heteroatoms. The number of methoxy groups -OCH3 is 1. The van der Waals surface area contributed by atoms with E-state index in [9.17, 15) is 5.26 Å². The Morgan fingerprint density at radius 1 is 1.17 bits per heavy atom. The molecular weight excluding hydrogens is 224 g/mol. The fourth-order valence-electron chi connectivity index (χ4n) is 1.58. The first-order valence-electron chi connectivity index (χ1n) is 5.50. The zero-order valence-corrected chi connectivity index (χ0v) is 10.00. The Labute approximate surface area is 106 Å². The summed E-state index contributed by atoms with van der Waals surface area (Å²) in [7, 11) is 1.62. The van der Waals surface area contributed by atoms with Crippen LogP contribution in [0, 0.1) is 11.3 Å². The van der Waals surface area contributed by atoms with E-state index in [1.165, 1.54) is 0 Å². The number of allylic oxidation sites excluding steroid dienone is 1. The number of benzene rings is 1. The maximum absolute atomic E-state index is 9.20. The summed E-state index contributed by atoms with van der Waals surface area (Å²) in [6.07, 6.45) is 5.24. The molecule has 0 radical (unpaired) electrons. The molecule has 18 heavy (non-hydrogen) atoms. The molecule has 3 nitrogen and oxygen atoms in total. The number of hydrogen-bond donors (Lipinski definition) is 0. The number of rotatable bonds is 3. The maximum Gasteiger partial charge on any atom is 0.118 e. The normalized spacial score (nSPS) is 10.8. The highest BCUT2D eigenvalue weighted by Crippen LogP contribution is 2.20. The van der Waals surface area contributed by atoms with Crippen molar-refractivity contribution in [2.75, 3.05) is 7.11 Å². The lowest BCUT2D eigenvalue weighted by molar-refractivity contribution is 0.415. The number of aromatic nitrogens is 1. The van der Waals surface area contributed by atoms with E-state index in [-0.39, 0.29) is 0 Å². The van der Waals surface area contributed by atoms with E-state index in [1.54, 1.807) is 19.5 Å². The second kappa shape index (κ2) is 5.65. The molecule has 2 aromatic rings. The van der Waals surface area contributed by atoms with Gasteiger partial charge in [-0.15, -0.1) is 0 Å². The first kappa shape index (κ1) is 11.9. The average molecular weight is 236 g/mol. The van der Waals surface area contributed by atoms with Crippen molar-refractivity contribution in [3.05, 3.63) is 59.9 Å². The molecule has 2 rings (SSSR count). The van der Waals surface area contributed by atoms with Crippen LogP contribution in [0.5, 0.6) is 5.75 Å². The van der Waals surface area contributed by atoms with Crippen molar-refractivity contribution in [1.82, 2.24) is 4.98 Å². The molecule has 0 saturated heterocycles. The third-order valence-electron chi connectivity index (χ3n) is 2.54. The number of nitriles is 1. The van der Waals surface area contributed by atoms with Crippen molar-refractivity contribution in [2.24, 2.45) is 0 Å². The highest BCUT2D eigenvalue weighted by molar-refractivity contribution is 5.89. The smallest absolute Gasteiger partial charge is 0.118 e. The van der Waals surface area contributed by atoms with Gasteiger partial charge in [-0.1, -0.05) is 0 Å². The summed E-state index contributed by atoms with van der Waals surface area (Å²) in [5, 5.41) is 9.20. The van der Waals surface area contributed by atoms with Crippen LogP contribution in [0.15, 0.2) is 48.8 Å². The number of hydrogen-bond acceptors (Lipinski definition) is 3. The molecule has 0 aliphatic carbocycles. The molecule has 0 atom stereocenters. The fraction of sp³-hybridized carbons (Fsp3) is 0.0667. The van der Waals surface area contributed by atoms with Gasteiger partial charge in [0.2, 0.25) is 0 Å². The van der Waals surface area contributed by atoms with Gasteiger partial charge in [0.1, 0.15) is 5.75 Å². The summed E-state index contributed by atoms with van der Waals surface area (Å²) >= 11 is 0. The van der Waals surface area contributed by atoms with Crippen LogP contribution in [-0.4, -0.2) is 12.1 Å². The maximum atomic E-state index is 9.20. The van der Waals surface area contributed by atoms with Crippen LogP contribution in [0.25, 0.3) is 11.6 Å². The molecule has 0 unspecified atom stereocenters. The molecule has 1 aromatic heterocycles. The third-order valence-corrected chi connectivity index (χ3v) is 2.54. The van der Waals surface area contributed by atoms with Crippen LogP contribution in [0.1, 0.15) is 11.1 Å². The van der Waals surface area contributed by atoms with E-state index in [0.717, 1.165) is 16.9 Å². The van der Waals surface area contributed by atoms with Crippen LogP contribution < -0.4 is 4.74 Å². The van der Waals surface area contributed by atoms with Crippen LogP contribution >= 0.6 is 0 Å². The first-order valence-corrected chi connectivity index (χ1v) is 5.50. The van der Waals surface area contributed by atoms with Gasteiger partial charge in [0.15, 0.2) is 0 Å². The van der Waals surface area contributed by atoms with E-state index in [2.05, 4.69) is 11.1 Å².